The Morgan fingerprint density at radius 3 is 2.62 bits per heavy atom. The van der Waals surface area contributed by atoms with Gasteiger partial charge in [-0.15, -0.1) is 0 Å². The Morgan fingerprint density at radius 1 is 0.971 bits per heavy atom. The van der Waals surface area contributed by atoms with Gasteiger partial charge in [-0.3, -0.25) is 9.59 Å². The molecule has 3 saturated carbocycles. The lowest BCUT2D eigenvalue weighted by Gasteiger charge is -2.60. The van der Waals surface area contributed by atoms with E-state index in [2.05, 4.69) is 25.2 Å². The molecule has 0 bridgehead atoms. The fourth-order valence-electron chi connectivity index (χ4n) is 8.57. The summed E-state index contributed by atoms with van der Waals surface area (Å²) in [4.78, 5) is 28.8. The van der Waals surface area contributed by atoms with Crippen molar-refractivity contribution >= 4 is 28.3 Å². The number of hydrogen-bond acceptors (Lipinski definition) is 2. The summed E-state index contributed by atoms with van der Waals surface area (Å²) in [6.07, 6.45) is 10.9. The van der Waals surface area contributed by atoms with Gasteiger partial charge in [-0.25, -0.2) is 0 Å². The molecule has 0 saturated heterocycles. The molecule has 4 heteroatoms. The first kappa shape index (κ1) is 21.9. The average molecular weight is 457 g/mol. The van der Waals surface area contributed by atoms with Crippen LogP contribution in [0, 0.1) is 28.6 Å². The summed E-state index contributed by atoms with van der Waals surface area (Å²) in [5, 5.41) is 5.14. The maximum absolute atomic E-state index is 13.6. The molecular formula is C30H36N2O2. The van der Waals surface area contributed by atoms with Crippen molar-refractivity contribution in [2.24, 2.45) is 28.6 Å². The number of anilines is 1. The fourth-order valence-corrected chi connectivity index (χ4v) is 8.57. The standard InChI is InChI=1S/C30H36N2O2/c1-29-16-7-11-23(29)21-13-14-26-30(2,24(21)15-17-29)18-22(28(34)32(26)3)27(33)31-25-12-6-9-19-8-4-5-10-20(19)25/h4-6,8-10,12,18,21,23-24,26H,7,11,13-17H2,1-3H3,(H,31,33)/t21-,23-,24+,26?,29-,30+/m0/s1. The first-order valence-electron chi connectivity index (χ1n) is 13.1. The van der Waals surface area contributed by atoms with Gasteiger partial charge in [0.1, 0.15) is 5.57 Å². The number of carbonyl (C=O) groups excluding carboxylic acids is 2. The van der Waals surface area contributed by atoms with Gasteiger partial charge in [0.05, 0.1) is 0 Å². The molecule has 4 aliphatic rings. The minimum Gasteiger partial charge on any atom is -0.338 e. The third-order valence-corrected chi connectivity index (χ3v) is 10.3. The van der Waals surface area contributed by atoms with Gasteiger partial charge >= 0.3 is 0 Å². The topological polar surface area (TPSA) is 49.4 Å². The van der Waals surface area contributed by atoms with Crippen LogP contribution in [0.25, 0.3) is 10.8 Å². The Labute approximate surface area is 202 Å². The van der Waals surface area contributed by atoms with Gasteiger partial charge in [0.15, 0.2) is 0 Å². The Balaban J connectivity index is 1.35. The number of nitrogens with zero attached hydrogens (tertiary/aromatic N) is 1. The maximum Gasteiger partial charge on any atom is 0.260 e. The molecule has 6 rings (SSSR count). The Hall–Kier alpha value is -2.62. The molecule has 3 fully saturated rings. The monoisotopic (exact) mass is 456 g/mol. The zero-order valence-electron chi connectivity index (χ0n) is 20.6. The van der Waals surface area contributed by atoms with Gasteiger partial charge < -0.3 is 10.2 Å². The van der Waals surface area contributed by atoms with Crippen LogP contribution in [0.4, 0.5) is 5.69 Å². The zero-order valence-corrected chi connectivity index (χ0v) is 20.6. The predicted octanol–water partition coefficient (Wildman–Crippen LogP) is 6.18. The summed E-state index contributed by atoms with van der Waals surface area (Å²) in [5.74, 6) is 1.63. The van der Waals surface area contributed by atoms with E-state index >= 15 is 0 Å². The van der Waals surface area contributed by atoms with Crippen LogP contribution in [0.2, 0.25) is 0 Å². The van der Waals surface area contributed by atoms with Crippen LogP contribution in [-0.2, 0) is 9.59 Å². The van der Waals surface area contributed by atoms with Crippen LogP contribution in [0.1, 0.15) is 58.8 Å². The molecule has 2 aromatic rings. The SMILES string of the molecule is CN1C(=O)C(C(=O)Nc2cccc3ccccc23)=C[C@@]2(C)C1CC[C@@H]1[C@H]2CC[C@]2(C)CCC[C@@H]12. The predicted molar refractivity (Wildman–Crippen MR) is 136 cm³/mol. The van der Waals surface area contributed by atoms with Crippen LogP contribution >= 0.6 is 0 Å². The van der Waals surface area contributed by atoms with Crippen molar-refractivity contribution in [3.63, 3.8) is 0 Å². The largest absolute Gasteiger partial charge is 0.338 e. The molecule has 1 N–H and O–H groups in total. The highest BCUT2D eigenvalue weighted by Gasteiger charge is 2.59. The average Bonchev–Trinajstić information content (AvgIpc) is 3.23. The quantitative estimate of drug-likeness (QED) is 0.549. The molecule has 4 nitrogen and oxygen atoms in total. The van der Waals surface area contributed by atoms with Gasteiger partial charge in [-0.05, 0) is 73.1 Å². The molecule has 0 radical (unpaired) electrons. The lowest BCUT2D eigenvalue weighted by atomic mass is 9.48. The fraction of sp³-hybridized carbons (Fsp3) is 0.533. The summed E-state index contributed by atoms with van der Waals surface area (Å²) in [5.41, 5.74) is 1.42. The molecular weight excluding hydrogens is 420 g/mol. The Bertz CT molecular complexity index is 1200. The van der Waals surface area contributed by atoms with E-state index in [0.29, 0.717) is 22.8 Å². The lowest BCUT2D eigenvalue weighted by molar-refractivity contribution is -0.141. The number of nitrogens with one attached hydrogen (secondary N) is 1. The van der Waals surface area contributed by atoms with Crippen LogP contribution < -0.4 is 5.32 Å². The number of hydrogen-bond donors (Lipinski definition) is 1. The summed E-state index contributed by atoms with van der Waals surface area (Å²) in [6, 6.07) is 14.1. The summed E-state index contributed by atoms with van der Waals surface area (Å²) in [6.45, 7) is 4.85. The van der Waals surface area contributed by atoms with Crippen LogP contribution in [0.3, 0.4) is 0 Å². The summed E-state index contributed by atoms with van der Waals surface area (Å²) < 4.78 is 0. The van der Waals surface area contributed by atoms with E-state index in [1.807, 2.05) is 54.4 Å². The number of rotatable bonds is 2. The molecule has 1 heterocycles. The Morgan fingerprint density at radius 2 is 1.76 bits per heavy atom. The lowest BCUT2D eigenvalue weighted by Crippen LogP contribution is -2.60. The second kappa shape index (κ2) is 7.69. The summed E-state index contributed by atoms with van der Waals surface area (Å²) >= 11 is 0. The van der Waals surface area contributed by atoms with Crippen molar-refractivity contribution in [2.75, 3.05) is 12.4 Å². The van der Waals surface area contributed by atoms with E-state index in [0.717, 1.165) is 28.8 Å². The van der Waals surface area contributed by atoms with Crippen molar-refractivity contribution in [1.82, 2.24) is 4.90 Å². The van der Waals surface area contributed by atoms with Crippen LogP contribution in [-0.4, -0.2) is 29.8 Å². The highest BCUT2D eigenvalue weighted by atomic mass is 16.2. The van der Waals surface area contributed by atoms with Gasteiger partial charge in [0.2, 0.25) is 0 Å². The molecule has 6 atom stereocenters. The number of amides is 2. The van der Waals surface area contributed by atoms with Crippen molar-refractivity contribution in [2.45, 2.75) is 64.8 Å². The molecule has 1 unspecified atom stereocenters. The third-order valence-electron chi connectivity index (χ3n) is 10.3. The van der Waals surface area contributed by atoms with Crippen molar-refractivity contribution in [3.05, 3.63) is 54.1 Å². The molecule has 1 aliphatic heterocycles. The van der Waals surface area contributed by atoms with E-state index in [-0.39, 0.29) is 23.3 Å². The number of carbonyl (C=O) groups is 2. The number of likely N-dealkylation sites (N-methyl/N-ethyl adjacent to an activating group) is 1. The summed E-state index contributed by atoms with van der Waals surface area (Å²) in [7, 11) is 1.91. The van der Waals surface area contributed by atoms with Crippen molar-refractivity contribution in [1.29, 1.82) is 0 Å². The van der Waals surface area contributed by atoms with Gasteiger partial charge in [-0.1, -0.05) is 62.7 Å². The third kappa shape index (κ3) is 3.10. The number of fused-ring (bicyclic) bond motifs is 6. The van der Waals surface area contributed by atoms with E-state index in [1.165, 1.54) is 38.5 Å². The molecule has 0 spiro atoms. The first-order valence-corrected chi connectivity index (χ1v) is 13.1. The molecule has 178 valence electrons. The molecule has 2 amide bonds. The van der Waals surface area contributed by atoms with Crippen LogP contribution in [0.5, 0.6) is 0 Å². The molecule has 0 aromatic heterocycles. The molecule has 34 heavy (non-hydrogen) atoms. The smallest absolute Gasteiger partial charge is 0.260 e. The second-order valence-corrected chi connectivity index (χ2v) is 11.9. The van der Waals surface area contributed by atoms with E-state index in [1.54, 1.807) is 0 Å². The van der Waals surface area contributed by atoms with Gasteiger partial charge in [0, 0.05) is 29.6 Å². The highest BCUT2D eigenvalue weighted by Crippen LogP contribution is 2.64. The van der Waals surface area contributed by atoms with E-state index in [9.17, 15) is 9.59 Å². The number of benzene rings is 2. The Kier molecular flexibility index (Phi) is 4.95. The second-order valence-electron chi connectivity index (χ2n) is 11.9. The van der Waals surface area contributed by atoms with Crippen molar-refractivity contribution in [3.8, 4) is 0 Å². The van der Waals surface area contributed by atoms with Gasteiger partial charge in [-0.2, -0.15) is 0 Å². The van der Waals surface area contributed by atoms with Crippen molar-refractivity contribution < 1.29 is 9.59 Å². The minimum atomic E-state index is -0.281. The first-order chi connectivity index (χ1) is 16.3. The minimum absolute atomic E-state index is 0.139. The van der Waals surface area contributed by atoms with Gasteiger partial charge in [0.25, 0.3) is 11.8 Å². The normalized spacial score (nSPS) is 37.0. The zero-order chi connectivity index (χ0) is 23.7. The maximum atomic E-state index is 13.6. The molecule has 2 aromatic carbocycles. The van der Waals surface area contributed by atoms with E-state index in [4.69, 9.17) is 0 Å². The molecule has 3 aliphatic carbocycles. The highest BCUT2D eigenvalue weighted by molar-refractivity contribution is 6.24. The van der Waals surface area contributed by atoms with E-state index < -0.39 is 0 Å². The van der Waals surface area contributed by atoms with Crippen LogP contribution in [0.15, 0.2) is 54.1 Å².